The van der Waals surface area contributed by atoms with E-state index in [2.05, 4.69) is 33.9 Å². The number of imide groups is 1. The van der Waals surface area contributed by atoms with E-state index in [1.54, 1.807) is 0 Å². The molecule has 0 radical (unpaired) electrons. The highest BCUT2D eigenvalue weighted by molar-refractivity contribution is 6.74. The Kier molecular flexibility index (Phi) is 6.63. The molecule has 1 aromatic rings. The van der Waals surface area contributed by atoms with Crippen molar-refractivity contribution < 1.29 is 18.8 Å². The van der Waals surface area contributed by atoms with Gasteiger partial charge in [0.2, 0.25) is 5.91 Å². The van der Waals surface area contributed by atoms with E-state index >= 15 is 0 Å². The number of nitrogens with zero attached hydrogens (tertiary/aromatic N) is 1. The van der Waals surface area contributed by atoms with E-state index in [0.29, 0.717) is 25.9 Å². The molecule has 1 saturated heterocycles. The summed E-state index contributed by atoms with van der Waals surface area (Å²) in [5.74, 6) is -0.174. The van der Waals surface area contributed by atoms with Gasteiger partial charge in [0.25, 0.3) is 0 Å². The zero-order valence-corrected chi connectivity index (χ0v) is 17.6. The Bertz CT molecular complexity index is 624. The molecule has 1 fully saturated rings. The van der Waals surface area contributed by atoms with Gasteiger partial charge in [-0.25, -0.2) is 9.69 Å². The van der Waals surface area contributed by atoms with Crippen molar-refractivity contribution in [2.24, 2.45) is 0 Å². The zero-order chi connectivity index (χ0) is 19.4. The highest BCUT2D eigenvalue weighted by atomic mass is 28.4. The Morgan fingerprint density at radius 2 is 1.92 bits per heavy atom. The predicted octanol–water partition coefficient (Wildman–Crippen LogP) is 4.38. The lowest BCUT2D eigenvalue weighted by molar-refractivity contribution is -0.129. The first-order chi connectivity index (χ1) is 12.1. The first-order valence-electron chi connectivity index (χ1n) is 9.28. The van der Waals surface area contributed by atoms with Crippen molar-refractivity contribution >= 4 is 20.3 Å². The van der Waals surface area contributed by atoms with E-state index in [-0.39, 0.29) is 23.6 Å². The van der Waals surface area contributed by atoms with Crippen LogP contribution < -0.4 is 0 Å². The Morgan fingerprint density at radius 1 is 1.27 bits per heavy atom. The highest BCUT2D eigenvalue weighted by Crippen LogP contribution is 2.36. The Labute approximate surface area is 157 Å². The SMILES string of the molecule is CC(C)(C)[Si](C)(C)OCCCC(=O)N1C(=O)OCC1Cc1ccccc1. The zero-order valence-electron chi connectivity index (χ0n) is 16.6. The van der Waals surface area contributed by atoms with E-state index in [4.69, 9.17) is 9.16 Å². The molecule has 1 aromatic carbocycles. The summed E-state index contributed by atoms with van der Waals surface area (Å²) < 4.78 is 11.2. The van der Waals surface area contributed by atoms with Crippen LogP contribution in [0.5, 0.6) is 0 Å². The lowest BCUT2D eigenvalue weighted by Gasteiger charge is -2.36. The summed E-state index contributed by atoms with van der Waals surface area (Å²) in [7, 11) is -1.80. The summed E-state index contributed by atoms with van der Waals surface area (Å²) in [5.41, 5.74) is 1.09. The molecule has 144 valence electrons. The molecule has 6 heteroatoms. The minimum atomic E-state index is -1.80. The van der Waals surface area contributed by atoms with Gasteiger partial charge < -0.3 is 9.16 Å². The number of benzene rings is 1. The van der Waals surface area contributed by atoms with Crippen LogP contribution in [0.25, 0.3) is 0 Å². The number of amides is 2. The van der Waals surface area contributed by atoms with Gasteiger partial charge in [-0.1, -0.05) is 51.1 Å². The van der Waals surface area contributed by atoms with Crippen molar-refractivity contribution in [3.05, 3.63) is 35.9 Å². The van der Waals surface area contributed by atoms with Gasteiger partial charge in [0, 0.05) is 13.0 Å². The van der Waals surface area contributed by atoms with Crippen LogP contribution >= 0.6 is 0 Å². The van der Waals surface area contributed by atoms with E-state index < -0.39 is 14.4 Å². The van der Waals surface area contributed by atoms with Crippen molar-refractivity contribution in [3.63, 3.8) is 0 Å². The molecule has 0 aliphatic carbocycles. The number of hydrogen-bond donors (Lipinski definition) is 0. The van der Waals surface area contributed by atoms with Gasteiger partial charge >= 0.3 is 6.09 Å². The maximum absolute atomic E-state index is 12.6. The molecule has 0 N–H and O–H groups in total. The van der Waals surface area contributed by atoms with Crippen LogP contribution in [0.2, 0.25) is 18.1 Å². The van der Waals surface area contributed by atoms with Gasteiger partial charge in [0.15, 0.2) is 8.32 Å². The molecule has 0 bridgehead atoms. The fourth-order valence-electron chi connectivity index (χ4n) is 2.69. The summed E-state index contributed by atoms with van der Waals surface area (Å²) in [6.07, 6.45) is 1.02. The number of cyclic esters (lactones) is 1. The molecule has 1 heterocycles. The summed E-state index contributed by atoms with van der Waals surface area (Å²) in [6.45, 7) is 11.8. The van der Waals surface area contributed by atoms with Gasteiger partial charge in [0.05, 0.1) is 6.04 Å². The third kappa shape index (κ3) is 5.17. The summed E-state index contributed by atoms with van der Waals surface area (Å²) in [5, 5.41) is 0.149. The average molecular weight is 378 g/mol. The minimum Gasteiger partial charge on any atom is -0.447 e. The molecule has 2 rings (SSSR count). The van der Waals surface area contributed by atoms with E-state index in [9.17, 15) is 9.59 Å². The minimum absolute atomic E-state index is 0.149. The van der Waals surface area contributed by atoms with Gasteiger partial charge in [-0.15, -0.1) is 0 Å². The lowest BCUT2D eigenvalue weighted by Crippen LogP contribution is -2.42. The van der Waals surface area contributed by atoms with Crippen molar-refractivity contribution in [2.45, 2.75) is 64.2 Å². The molecule has 0 aromatic heterocycles. The number of ether oxygens (including phenoxy) is 1. The molecule has 0 spiro atoms. The summed E-state index contributed by atoms with van der Waals surface area (Å²) in [6, 6.07) is 9.63. The molecular weight excluding hydrogens is 346 g/mol. The molecular formula is C20H31NO4Si. The molecule has 26 heavy (non-hydrogen) atoms. The smallest absolute Gasteiger partial charge is 0.416 e. The number of carbonyl (C=O) groups is 2. The number of rotatable bonds is 7. The van der Waals surface area contributed by atoms with Crippen LogP contribution in [-0.4, -0.2) is 44.5 Å². The molecule has 2 amide bonds. The van der Waals surface area contributed by atoms with Gasteiger partial charge in [-0.3, -0.25) is 4.79 Å². The van der Waals surface area contributed by atoms with Crippen molar-refractivity contribution in [2.75, 3.05) is 13.2 Å². The number of carbonyl (C=O) groups excluding carboxylic acids is 2. The maximum Gasteiger partial charge on any atom is 0.416 e. The fraction of sp³-hybridized carbons (Fsp3) is 0.600. The Hall–Kier alpha value is -1.66. The Balaban J connectivity index is 1.86. The normalized spacial score (nSPS) is 18.1. The molecule has 1 atom stereocenters. The lowest BCUT2D eigenvalue weighted by atomic mass is 10.1. The third-order valence-electron chi connectivity index (χ3n) is 5.35. The van der Waals surface area contributed by atoms with E-state index in [0.717, 1.165) is 5.56 Å². The van der Waals surface area contributed by atoms with Crippen LogP contribution in [0.3, 0.4) is 0 Å². The summed E-state index contributed by atoms with van der Waals surface area (Å²) in [4.78, 5) is 25.8. The summed E-state index contributed by atoms with van der Waals surface area (Å²) >= 11 is 0. The third-order valence-corrected chi connectivity index (χ3v) is 9.89. The van der Waals surface area contributed by atoms with Crippen molar-refractivity contribution in [1.82, 2.24) is 4.90 Å². The second-order valence-electron chi connectivity index (χ2n) is 8.40. The predicted molar refractivity (Wildman–Crippen MR) is 105 cm³/mol. The highest BCUT2D eigenvalue weighted by Gasteiger charge is 2.38. The largest absolute Gasteiger partial charge is 0.447 e. The average Bonchev–Trinajstić information content (AvgIpc) is 2.92. The molecule has 1 unspecified atom stereocenters. The second kappa shape index (κ2) is 8.35. The first kappa shape index (κ1) is 20.6. The van der Waals surface area contributed by atoms with Crippen LogP contribution in [0.1, 0.15) is 39.2 Å². The standard InChI is InChI=1S/C20H31NO4Si/c1-20(2,3)26(4,5)25-13-9-12-18(22)21-17(15-24-19(21)23)14-16-10-7-6-8-11-16/h6-8,10-11,17H,9,12-15H2,1-5H3. The Morgan fingerprint density at radius 3 is 2.54 bits per heavy atom. The second-order valence-corrected chi connectivity index (χ2v) is 13.2. The monoisotopic (exact) mass is 377 g/mol. The molecule has 1 aliphatic rings. The van der Waals surface area contributed by atoms with Crippen LogP contribution in [0, 0.1) is 0 Å². The van der Waals surface area contributed by atoms with Crippen molar-refractivity contribution in [3.8, 4) is 0 Å². The topological polar surface area (TPSA) is 55.8 Å². The van der Waals surface area contributed by atoms with Gasteiger partial charge in [-0.05, 0) is 36.5 Å². The van der Waals surface area contributed by atoms with Crippen LogP contribution in [0.15, 0.2) is 30.3 Å². The molecule has 1 aliphatic heterocycles. The maximum atomic E-state index is 12.6. The first-order valence-corrected chi connectivity index (χ1v) is 12.2. The van der Waals surface area contributed by atoms with Crippen LogP contribution in [0.4, 0.5) is 4.79 Å². The number of hydrogen-bond acceptors (Lipinski definition) is 4. The van der Waals surface area contributed by atoms with Crippen molar-refractivity contribution in [1.29, 1.82) is 0 Å². The fourth-order valence-corrected chi connectivity index (χ4v) is 3.78. The molecule has 5 nitrogen and oxygen atoms in total. The molecule has 0 saturated carbocycles. The van der Waals surface area contributed by atoms with Gasteiger partial charge in [0.1, 0.15) is 6.61 Å². The van der Waals surface area contributed by atoms with Crippen LogP contribution in [-0.2, 0) is 20.4 Å². The van der Waals surface area contributed by atoms with E-state index in [1.165, 1.54) is 4.90 Å². The van der Waals surface area contributed by atoms with E-state index in [1.807, 2.05) is 30.3 Å². The van der Waals surface area contributed by atoms with Gasteiger partial charge in [-0.2, -0.15) is 0 Å². The quantitative estimate of drug-likeness (QED) is 0.523.